The van der Waals surface area contributed by atoms with E-state index in [-0.39, 0.29) is 0 Å². The average Bonchev–Trinajstić information content (AvgIpc) is 2.25. The fourth-order valence-electron chi connectivity index (χ4n) is 1.16. The van der Waals surface area contributed by atoms with Gasteiger partial charge >= 0.3 is 27.6 Å². The van der Waals surface area contributed by atoms with Crippen LogP contribution in [0, 0.1) is 0 Å². The predicted octanol–water partition coefficient (Wildman–Crippen LogP) is 1.31. The molecule has 0 fully saturated rings. The van der Waals surface area contributed by atoms with Crippen LogP contribution in [0.5, 0.6) is 5.75 Å². The number of hydrogen-bond acceptors (Lipinski definition) is 5. The number of benzene rings is 1. The van der Waals surface area contributed by atoms with E-state index in [1.165, 1.54) is 0 Å². The van der Waals surface area contributed by atoms with Crippen molar-refractivity contribution < 1.29 is 45.6 Å². The molecule has 0 saturated carbocycles. The van der Waals surface area contributed by atoms with Crippen LogP contribution in [0.1, 0.15) is 20.7 Å². The van der Waals surface area contributed by atoms with Crippen molar-refractivity contribution in [2.45, 2.75) is 5.51 Å². The number of rotatable bonds is 4. The summed E-state index contributed by atoms with van der Waals surface area (Å²) in [6.07, 6.45) is 0. The molecule has 0 bridgehead atoms. The first-order chi connectivity index (χ1) is 8.97. The molecule has 0 atom stereocenters. The van der Waals surface area contributed by atoms with Gasteiger partial charge in [-0.05, 0) is 12.1 Å². The normalized spacial score (nSPS) is 11.9. The van der Waals surface area contributed by atoms with Crippen molar-refractivity contribution in [1.82, 2.24) is 0 Å². The molecule has 0 aliphatic carbocycles. The van der Waals surface area contributed by atoms with Crippen molar-refractivity contribution in [1.29, 1.82) is 0 Å². The SMILES string of the molecule is O=C(O)c1cccc(OS(=O)(=O)C(F)(F)F)c1C(=O)O. The Balaban J connectivity index is 3.45. The zero-order chi connectivity index (χ0) is 15.7. The van der Waals surface area contributed by atoms with Crippen LogP contribution in [0.3, 0.4) is 0 Å². The summed E-state index contributed by atoms with van der Waals surface area (Å²) in [7, 11) is -6.11. The summed E-state index contributed by atoms with van der Waals surface area (Å²) in [5, 5.41) is 17.5. The number of aromatic carboxylic acids is 2. The van der Waals surface area contributed by atoms with Gasteiger partial charge in [-0.2, -0.15) is 21.6 Å². The highest BCUT2D eigenvalue weighted by Gasteiger charge is 2.49. The maximum atomic E-state index is 12.1. The highest BCUT2D eigenvalue weighted by atomic mass is 32.2. The fourth-order valence-corrected chi connectivity index (χ4v) is 1.63. The number of alkyl halides is 3. The van der Waals surface area contributed by atoms with E-state index in [2.05, 4.69) is 4.18 Å². The maximum absolute atomic E-state index is 12.1. The van der Waals surface area contributed by atoms with Gasteiger partial charge in [0.25, 0.3) is 0 Å². The third kappa shape index (κ3) is 2.99. The highest BCUT2D eigenvalue weighted by Crippen LogP contribution is 2.30. The maximum Gasteiger partial charge on any atom is 0.534 e. The van der Waals surface area contributed by atoms with Crippen LogP contribution in [0.25, 0.3) is 0 Å². The molecule has 1 rings (SSSR count). The lowest BCUT2D eigenvalue weighted by atomic mass is 10.1. The molecule has 20 heavy (non-hydrogen) atoms. The molecular weight excluding hydrogens is 309 g/mol. The quantitative estimate of drug-likeness (QED) is 0.635. The van der Waals surface area contributed by atoms with Crippen LogP contribution in [0.15, 0.2) is 18.2 Å². The van der Waals surface area contributed by atoms with Crippen molar-refractivity contribution in [2.24, 2.45) is 0 Å². The molecule has 0 aliphatic heterocycles. The van der Waals surface area contributed by atoms with Crippen LogP contribution < -0.4 is 4.18 Å². The third-order valence-electron chi connectivity index (χ3n) is 1.95. The van der Waals surface area contributed by atoms with Gasteiger partial charge < -0.3 is 14.4 Å². The molecule has 7 nitrogen and oxygen atoms in total. The molecule has 0 unspecified atom stereocenters. The number of carboxylic acid groups (broad SMARTS) is 2. The summed E-state index contributed by atoms with van der Waals surface area (Å²) in [6, 6.07) is 2.22. The zero-order valence-corrected chi connectivity index (χ0v) is 10.0. The van der Waals surface area contributed by atoms with E-state index in [0.717, 1.165) is 12.1 Å². The number of carboxylic acids is 2. The van der Waals surface area contributed by atoms with Crippen molar-refractivity contribution in [3.8, 4) is 5.75 Å². The summed E-state index contributed by atoms with van der Waals surface area (Å²) in [4.78, 5) is 21.6. The molecule has 0 saturated heterocycles. The van der Waals surface area contributed by atoms with Gasteiger partial charge in [0.2, 0.25) is 0 Å². The topological polar surface area (TPSA) is 118 Å². The standard InChI is InChI=1S/C9H5F3O7S/c10-9(11,12)20(17,18)19-5-3-1-2-4(7(13)14)6(5)8(15)16/h1-3H,(H,13,14)(H,15,16). The molecule has 0 aromatic heterocycles. The summed E-state index contributed by atoms with van der Waals surface area (Å²) >= 11 is 0. The first-order valence-electron chi connectivity index (χ1n) is 4.57. The van der Waals surface area contributed by atoms with E-state index in [1.54, 1.807) is 0 Å². The third-order valence-corrected chi connectivity index (χ3v) is 2.92. The summed E-state index contributed by atoms with van der Waals surface area (Å²) < 4.78 is 61.6. The molecule has 110 valence electrons. The van der Waals surface area contributed by atoms with Crippen LogP contribution >= 0.6 is 0 Å². The Morgan fingerprint density at radius 1 is 1.10 bits per heavy atom. The Morgan fingerprint density at radius 2 is 1.65 bits per heavy atom. The lowest BCUT2D eigenvalue weighted by Gasteiger charge is -2.12. The smallest absolute Gasteiger partial charge is 0.478 e. The van der Waals surface area contributed by atoms with Gasteiger partial charge in [-0.1, -0.05) is 6.07 Å². The van der Waals surface area contributed by atoms with E-state index >= 15 is 0 Å². The lowest BCUT2D eigenvalue weighted by molar-refractivity contribution is -0.0500. The van der Waals surface area contributed by atoms with E-state index < -0.39 is 44.4 Å². The first kappa shape index (κ1) is 15.8. The fraction of sp³-hybridized carbons (Fsp3) is 0.111. The van der Waals surface area contributed by atoms with Gasteiger partial charge in [0, 0.05) is 0 Å². The molecule has 11 heteroatoms. The second kappa shape index (κ2) is 5.00. The number of halogens is 3. The van der Waals surface area contributed by atoms with Crippen LogP contribution in [-0.4, -0.2) is 36.1 Å². The summed E-state index contributed by atoms with van der Waals surface area (Å²) in [6.45, 7) is 0. The molecule has 0 aliphatic rings. The van der Waals surface area contributed by atoms with Crippen LogP contribution in [-0.2, 0) is 10.1 Å². The van der Waals surface area contributed by atoms with E-state index in [0.29, 0.717) is 6.07 Å². The summed E-state index contributed by atoms with van der Waals surface area (Å²) in [5.74, 6) is -4.96. The lowest BCUT2D eigenvalue weighted by Crippen LogP contribution is -2.29. The van der Waals surface area contributed by atoms with Gasteiger partial charge in [0.05, 0.1) is 5.56 Å². The van der Waals surface area contributed by atoms with Crippen LogP contribution in [0.4, 0.5) is 13.2 Å². The Morgan fingerprint density at radius 3 is 2.05 bits per heavy atom. The predicted molar refractivity (Wildman–Crippen MR) is 56.0 cm³/mol. The second-order valence-electron chi connectivity index (χ2n) is 3.27. The van der Waals surface area contributed by atoms with Gasteiger partial charge in [-0.3, -0.25) is 0 Å². The largest absolute Gasteiger partial charge is 0.534 e. The Bertz CT molecular complexity index is 663. The molecule has 0 heterocycles. The zero-order valence-electron chi connectivity index (χ0n) is 9.21. The number of carbonyl (C=O) groups is 2. The minimum atomic E-state index is -6.11. The minimum absolute atomic E-state index is 0.596. The Kier molecular flexibility index (Phi) is 3.94. The molecule has 1 aromatic rings. The summed E-state index contributed by atoms with van der Waals surface area (Å²) in [5.41, 5.74) is -7.89. The first-order valence-corrected chi connectivity index (χ1v) is 5.98. The average molecular weight is 314 g/mol. The van der Waals surface area contributed by atoms with Crippen molar-refractivity contribution >= 4 is 22.1 Å². The van der Waals surface area contributed by atoms with Crippen molar-refractivity contribution in [2.75, 3.05) is 0 Å². The molecule has 0 radical (unpaired) electrons. The van der Waals surface area contributed by atoms with Crippen LogP contribution in [0.2, 0.25) is 0 Å². The van der Waals surface area contributed by atoms with Gasteiger partial charge in [0.15, 0.2) is 5.75 Å². The number of hydrogen-bond donors (Lipinski definition) is 2. The van der Waals surface area contributed by atoms with E-state index in [4.69, 9.17) is 10.2 Å². The van der Waals surface area contributed by atoms with Crippen molar-refractivity contribution in [3.63, 3.8) is 0 Å². The molecule has 0 amide bonds. The molecule has 1 aromatic carbocycles. The van der Waals surface area contributed by atoms with E-state index in [1.807, 2.05) is 0 Å². The Labute approximate surface area is 109 Å². The van der Waals surface area contributed by atoms with Crippen molar-refractivity contribution in [3.05, 3.63) is 29.3 Å². The molecular formula is C9H5F3O7S. The Hall–Kier alpha value is -2.30. The second-order valence-corrected chi connectivity index (χ2v) is 4.81. The highest BCUT2D eigenvalue weighted by molar-refractivity contribution is 7.88. The minimum Gasteiger partial charge on any atom is -0.478 e. The molecule has 0 spiro atoms. The van der Waals surface area contributed by atoms with E-state index in [9.17, 15) is 31.2 Å². The van der Waals surface area contributed by atoms with Gasteiger partial charge in [0.1, 0.15) is 5.56 Å². The monoisotopic (exact) mass is 314 g/mol. The van der Waals surface area contributed by atoms with Gasteiger partial charge in [-0.25, -0.2) is 9.59 Å². The molecule has 2 N–H and O–H groups in total. The van der Waals surface area contributed by atoms with Gasteiger partial charge in [-0.15, -0.1) is 0 Å².